The van der Waals surface area contributed by atoms with Gasteiger partial charge < -0.3 is 10.7 Å². The van der Waals surface area contributed by atoms with Gasteiger partial charge in [0.15, 0.2) is 5.65 Å². The summed E-state index contributed by atoms with van der Waals surface area (Å²) in [5.41, 5.74) is 8.61. The zero-order valence-corrected chi connectivity index (χ0v) is 9.74. The SMILES string of the molecule is Cc1ccc2[nH]c(-c3c(N)cccc3F)nc2n1. The Balaban J connectivity index is 2.26. The van der Waals surface area contributed by atoms with Crippen LogP contribution in [0.25, 0.3) is 22.6 Å². The molecular weight excluding hydrogens is 231 g/mol. The molecule has 5 heteroatoms. The fourth-order valence-corrected chi connectivity index (χ4v) is 1.90. The van der Waals surface area contributed by atoms with Crippen molar-refractivity contribution in [2.24, 2.45) is 0 Å². The summed E-state index contributed by atoms with van der Waals surface area (Å²) in [6.45, 7) is 1.88. The summed E-state index contributed by atoms with van der Waals surface area (Å²) in [5.74, 6) is 0.00415. The van der Waals surface area contributed by atoms with E-state index in [4.69, 9.17) is 5.73 Å². The molecule has 2 aromatic heterocycles. The number of imidazole rings is 1. The number of halogens is 1. The first kappa shape index (κ1) is 10.7. The fourth-order valence-electron chi connectivity index (χ4n) is 1.90. The van der Waals surface area contributed by atoms with E-state index >= 15 is 0 Å². The number of nitrogens with zero attached hydrogens (tertiary/aromatic N) is 2. The van der Waals surface area contributed by atoms with Gasteiger partial charge in [-0.25, -0.2) is 14.4 Å². The van der Waals surface area contributed by atoms with Gasteiger partial charge in [0.2, 0.25) is 0 Å². The van der Waals surface area contributed by atoms with Gasteiger partial charge in [0.25, 0.3) is 0 Å². The quantitative estimate of drug-likeness (QED) is 0.644. The normalized spacial score (nSPS) is 11.0. The van der Waals surface area contributed by atoms with E-state index in [-0.39, 0.29) is 5.56 Å². The molecule has 3 aromatic rings. The maximum absolute atomic E-state index is 13.8. The molecule has 0 amide bonds. The molecule has 0 spiro atoms. The number of nitrogens with one attached hydrogen (secondary N) is 1. The molecule has 18 heavy (non-hydrogen) atoms. The number of pyridine rings is 1. The van der Waals surface area contributed by atoms with Crippen LogP contribution in [0.4, 0.5) is 10.1 Å². The second-order valence-corrected chi connectivity index (χ2v) is 4.11. The van der Waals surface area contributed by atoms with E-state index in [1.165, 1.54) is 6.07 Å². The van der Waals surface area contributed by atoms with Crippen LogP contribution in [-0.2, 0) is 0 Å². The number of fused-ring (bicyclic) bond motifs is 1. The molecule has 0 aliphatic rings. The van der Waals surface area contributed by atoms with Gasteiger partial charge in [0, 0.05) is 11.4 Å². The van der Waals surface area contributed by atoms with Gasteiger partial charge in [0.05, 0.1) is 11.1 Å². The highest BCUT2D eigenvalue weighted by Gasteiger charge is 2.13. The van der Waals surface area contributed by atoms with Crippen molar-refractivity contribution in [3.05, 3.63) is 41.8 Å². The number of aromatic nitrogens is 3. The van der Waals surface area contributed by atoms with Gasteiger partial charge in [-0.15, -0.1) is 0 Å². The van der Waals surface area contributed by atoms with Crippen LogP contribution in [0.5, 0.6) is 0 Å². The molecule has 90 valence electrons. The molecule has 0 bridgehead atoms. The van der Waals surface area contributed by atoms with E-state index in [1.807, 2.05) is 19.1 Å². The van der Waals surface area contributed by atoms with Crippen molar-refractivity contribution in [3.8, 4) is 11.4 Å². The maximum Gasteiger partial charge on any atom is 0.178 e. The lowest BCUT2D eigenvalue weighted by atomic mass is 10.1. The monoisotopic (exact) mass is 242 g/mol. The van der Waals surface area contributed by atoms with Crippen LogP contribution in [0.1, 0.15) is 5.69 Å². The standard InChI is InChI=1S/C13H11FN4/c1-7-5-6-10-12(16-7)18-13(17-10)11-8(14)3-2-4-9(11)15/h2-6H,15H2,1H3,(H,16,17,18). The molecule has 2 heterocycles. The van der Waals surface area contributed by atoms with E-state index in [2.05, 4.69) is 15.0 Å². The van der Waals surface area contributed by atoms with E-state index < -0.39 is 5.82 Å². The molecule has 0 fully saturated rings. The number of benzene rings is 1. The van der Waals surface area contributed by atoms with Crippen molar-refractivity contribution in [1.29, 1.82) is 0 Å². The summed E-state index contributed by atoms with van der Waals surface area (Å²) in [4.78, 5) is 11.6. The number of H-pyrrole nitrogens is 1. The lowest BCUT2D eigenvalue weighted by Gasteiger charge is -2.02. The molecule has 0 unspecified atom stereocenters. The summed E-state index contributed by atoms with van der Waals surface area (Å²) in [6, 6.07) is 8.31. The smallest absolute Gasteiger partial charge is 0.178 e. The summed E-state index contributed by atoms with van der Waals surface area (Å²) in [7, 11) is 0. The Bertz CT molecular complexity index is 713. The van der Waals surface area contributed by atoms with Crippen LogP contribution < -0.4 is 5.73 Å². The average Bonchev–Trinajstić information content (AvgIpc) is 2.71. The van der Waals surface area contributed by atoms with Crippen molar-refractivity contribution in [2.75, 3.05) is 5.73 Å². The Morgan fingerprint density at radius 2 is 2.00 bits per heavy atom. The number of hydrogen-bond donors (Lipinski definition) is 2. The Morgan fingerprint density at radius 1 is 1.17 bits per heavy atom. The third-order valence-corrected chi connectivity index (χ3v) is 2.77. The van der Waals surface area contributed by atoms with Gasteiger partial charge in [-0.05, 0) is 31.2 Å². The molecule has 4 nitrogen and oxygen atoms in total. The second-order valence-electron chi connectivity index (χ2n) is 4.11. The molecule has 1 aromatic carbocycles. The molecule has 0 radical (unpaired) electrons. The first-order valence-electron chi connectivity index (χ1n) is 5.53. The highest BCUT2D eigenvalue weighted by Crippen LogP contribution is 2.27. The van der Waals surface area contributed by atoms with Crippen LogP contribution in [0.3, 0.4) is 0 Å². The Labute approximate surface area is 103 Å². The topological polar surface area (TPSA) is 67.6 Å². The first-order valence-corrected chi connectivity index (χ1v) is 5.53. The summed E-state index contributed by atoms with van der Waals surface area (Å²) < 4.78 is 13.8. The second kappa shape index (κ2) is 3.80. The Kier molecular flexibility index (Phi) is 2.26. The largest absolute Gasteiger partial charge is 0.398 e. The van der Waals surface area contributed by atoms with Crippen molar-refractivity contribution in [1.82, 2.24) is 15.0 Å². The van der Waals surface area contributed by atoms with Crippen LogP contribution in [-0.4, -0.2) is 15.0 Å². The molecule has 0 saturated heterocycles. The van der Waals surface area contributed by atoms with Gasteiger partial charge in [-0.3, -0.25) is 0 Å². The maximum atomic E-state index is 13.8. The minimum Gasteiger partial charge on any atom is -0.398 e. The van der Waals surface area contributed by atoms with Crippen LogP contribution in [0.2, 0.25) is 0 Å². The van der Waals surface area contributed by atoms with Gasteiger partial charge in [-0.2, -0.15) is 0 Å². The van der Waals surface area contributed by atoms with E-state index in [0.29, 0.717) is 17.2 Å². The number of anilines is 1. The molecule has 0 atom stereocenters. The number of hydrogen-bond acceptors (Lipinski definition) is 3. The highest BCUT2D eigenvalue weighted by atomic mass is 19.1. The third kappa shape index (κ3) is 1.60. The van der Waals surface area contributed by atoms with Crippen molar-refractivity contribution in [3.63, 3.8) is 0 Å². The van der Waals surface area contributed by atoms with Crippen molar-refractivity contribution >= 4 is 16.9 Å². The molecule has 0 saturated carbocycles. The fraction of sp³-hybridized carbons (Fsp3) is 0.0769. The molecule has 3 N–H and O–H groups in total. The van der Waals surface area contributed by atoms with E-state index in [1.54, 1.807) is 12.1 Å². The lowest BCUT2D eigenvalue weighted by Crippen LogP contribution is -1.94. The third-order valence-electron chi connectivity index (χ3n) is 2.77. The number of rotatable bonds is 1. The van der Waals surface area contributed by atoms with E-state index in [0.717, 1.165) is 11.2 Å². The molecular formula is C13H11FN4. The van der Waals surface area contributed by atoms with Gasteiger partial charge in [0.1, 0.15) is 11.6 Å². The Hall–Kier alpha value is -2.43. The summed E-state index contributed by atoms with van der Waals surface area (Å²) >= 11 is 0. The van der Waals surface area contributed by atoms with Gasteiger partial charge >= 0.3 is 0 Å². The van der Waals surface area contributed by atoms with Crippen molar-refractivity contribution in [2.45, 2.75) is 6.92 Å². The minimum atomic E-state index is -0.397. The number of nitrogens with two attached hydrogens (primary N) is 1. The molecule has 0 aliphatic heterocycles. The average molecular weight is 242 g/mol. The van der Waals surface area contributed by atoms with Crippen LogP contribution >= 0.6 is 0 Å². The summed E-state index contributed by atoms with van der Waals surface area (Å²) in [6.07, 6.45) is 0. The van der Waals surface area contributed by atoms with E-state index in [9.17, 15) is 4.39 Å². The predicted molar refractivity (Wildman–Crippen MR) is 68.4 cm³/mol. The first-order chi connectivity index (χ1) is 8.65. The Morgan fingerprint density at radius 3 is 2.78 bits per heavy atom. The number of aromatic amines is 1. The number of nitrogen functional groups attached to an aromatic ring is 1. The van der Waals surface area contributed by atoms with Gasteiger partial charge in [-0.1, -0.05) is 6.07 Å². The van der Waals surface area contributed by atoms with Crippen molar-refractivity contribution < 1.29 is 4.39 Å². The highest BCUT2D eigenvalue weighted by molar-refractivity contribution is 5.80. The zero-order valence-electron chi connectivity index (χ0n) is 9.74. The number of aryl methyl sites for hydroxylation is 1. The summed E-state index contributed by atoms with van der Waals surface area (Å²) in [5, 5.41) is 0. The minimum absolute atomic E-state index is 0.285. The molecule has 3 rings (SSSR count). The predicted octanol–water partition coefficient (Wildman–Crippen LogP) is 2.65. The van der Waals surface area contributed by atoms with Crippen LogP contribution in [0.15, 0.2) is 30.3 Å². The molecule has 0 aliphatic carbocycles. The lowest BCUT2D eigenvalue weighted by molar-refractivity contribution is 0.631. The van der Waals surface area contributed by atoms with Crippen LogP contribution in [0, 0.1) is 12.7 Å². The zero-order chi connectivity index (χ0) is 12.7.